The Morgan fingerprint density at radius 3 is 2.65 bits per heavy atom. The van der Waals surface area contributed by atoms with E-state index in [1.54, 1.807) is 4.68 Å². The van der Waals surface area contributed by atoms with Gasteiger partial charge in [-0.15, -0.1) is 0 Å². The number of carbonyl (C=O) groups is 1. The monoisotopic (exact) mass is 292 g/mol. The first-order chi connectivity index (χ1) is 9.43. The van der Waals surface area contributed by atoms with Crippen molar-refractivity contribution >= 4 is 17.6 Å². The van der Waals surface area contributed by atoms with E-state index < -0.39 is 0 Å². The van der Waals surface area contributed by atoms with Crippen LogP contribution < -0.4 is 0 Å². The highest BCUT2D eigenvalue weighted by atomic mass is 35.5. The lowest BCUT2D eigenvalue weighted by atomic mass is 10.1. The van der Waals surface area contributed by atoms with Crippen molar-refractivity contribution in [1.82, 2.24) is 9.78 Å². The summed E-state index contributed by atoms with van der Waals surface area (Å²) >= 11 is 6.15. The fraction of sp³-hybridized carbons (Fsp3) is 0.333. The number of aromatic nitrogens is 2. The van der Waals surface area contributed by atoms with Gasteiger partial charge in [-0.05, 0) is 38.5 Å². The summed E-state index contributed by atoms with van der Waals surface area (Å²) in [4.78, 5) is 11.4. The third kappa shape index (κ3) is 2.70. The molecular weight excluding hydrogens is 276 g/mol. The largest absolute Gasteiger partial charge is 0.469 e. The lowest BCUT2D eigenvalue weighted by Gasteiger charge is -2.07. The van der Waals surface area contributed by atoms with E-state index in [2.05, 4.69) is 5.10 Å². The Balaban J connectivity index is 2.45. The Morgan fingerprint density at radius 1 is 1.35 bits per heavy atom. The number of esters is 1. The Hall–Kier alpha value is -1.81. The molecule has 1 heterocycles. The number of nitrogens with zero attached hydrogens (tertiary/aromatic N) is 2. The van der Waals surface area contributed by atoms with Crippen LogP contribution >= 0.6 is 11.6 Å². The fourth-order valence-corrected chi connectivity index (χ4v) is 2.29. The van der Waals surface area contributed by atoms with Crippen LogP contribution in [0.2, 0.25) is 5.02 Å². The van der Waals surface area contributed by atoms with Gasteiger partial charge >= 0.3 is 5.97 Å². The standard InChI is InChI=1S/C15H17ClN2O2/c1-9-5-6-12(7-14(9)16)18-11(3)13(10(2)17-18)8-15(19)20-4/h5-7H,8H2,1-4H3. The molecule has 0 saturated heterocycles. The minimum absolute atomic E-state index is 0.230. The molecule has 5 heteroatoms. The number of hydrogen-bond acceptors (Lipinski definition) is 3. The van der Waals surface area contributed by atoms with Crippen LogP contribution in [-0.4, -0.2) is 22.9 Å². The molecule has 1 aromatic carbocycles. The van der Waals surface area contributed by atoms with Crippen LogP contribution in [0.5, 0.6) is 0 Å². The highest BCUT2D eigenvalue weighted by Crippen LogP contribution is 2.23. The summed E-state index contributed by atoms with van der Waals surface area (Å²) in [7, 11) is 1.39. The van der Waals surface area contributed by atoms with Crippen LogP contribution in [0.1, 0.15) is 22.5 Å². The van der Waals surface area contributed by atoms with E-state index in [1.165, 1.54) is 7.11 Å². The summed E-state index contributed by atoms with van der Waals surface area (Å²) in [6.07, 6.45) is 0.230. The summed E-state index contributed by atoms with van der Waals surface area (Å²) in [6.45, 7) is 5.78. The van der Waals surface area contributed by atoms with Gasteiger partial charge in [0.2, 0.25) is 0 Å². The summed E-state index contributed by atoms with van der Waals surface area (Å²) in [5.74, 6) is -0.266. The van der Waals surface area contributed by atoms with E-state index in [0.717, 1.165) is 28.2 Å². The second-order valence-corrected chi connectivity index (χ2v) is 5.15. The van der Waals surface area contributed by atoms with E-state index in [-0.39, 0.29) is 12.4 Å². The van der Waals surface area contributed by atoms with Crippen LogP contribution in [0.3, 0.4) is 0 Å². The van der Waals surface area contributed by atoms with Crippen molar-refractivity contribution in [1.29, 1.82) is 0 Å². The number of benzene rings is 1. The van der Waals surface area contributed by atoms with Gasteiger partial charge in [0, 0.05) is 16.3 Å². The zero-order valence-electron chi connectivity index (χ0n) is 12.0. The average molecular weight is 293 g/mol. The molecule has 1 aromatic heterocycles. The number of carbonyl (C=O) groups excluding carboxylic acids is 1. The highest BCUT2D eigenvalue weighted by Gasteiger charge is 2.16. The van der Waals surface area contributed by atoms with Gasteiger partial charge in [-0.2, -0.15) is 5.10 Å². The SMILES string of the molecule is COC(=O)Cc1c(C)nn(-c2ccc(C)c(Cl)c2)c1C. The maximum atomic E-state index is 11.4. The fourth-order valence-electron chi connectivity index (χ4n) is 2.11. The number of ether oxygens (including phenoxy) is 1. The molecule has 20 heavy (non-hydrogen) atoms. The van der Waals surface area contributed by atoms with Gasteiger partial charge in [0.05, 0.1) is 24.9 Å². The lowest BCUT2D eigenvalue weighted by molar-refractivity contribution is -0.139. The van der Waals surface area contributed by atoms with Crippen LogP contribution in [0.25, 0.3) is 5.69 Å². The summed E-state index contributed by atoms with van der Waals surface area (Å²) in [6, 6.07) is 5.79. The zero-order chi connectivity index (χ0) is 14.9. The number of halogens is 1. The minimum Gasteiger partial charge on any atom is -0.469 e. The molecule has 0 radical (unpaired) electrons. The minimum atomic E-state index is -0.266. The Bertz CT molecular complexity index is 662. The average Bonchev–Trinajstić information content (AvgIpc) is 2.69. The molecule has 0 amide bonds. The quantitative estimate of drug-likeness (QED) is 0.816. The van der Waals surface area contributed by atoms with Crippen LogP contribution in [-0.2, 0) is 16.0 Å². The summed E-state index contributed by atoms with van der Waals surface area (Å²) in [5.41, 5.74) is 4.55. The number of aryl methyl sites for hydroxylation is 2. The summed E-state index contributed by atoms with van der Waals surface area (Å²) in [5, 5.41) is 5.19. The van der Waals surface area contributed by atoms with Crippen LogP contribution in [0, 0.1) is 20.8 Å². The third-order valence-electron chi connectivity index (χ3n) is 3.39. The Kier molecular flexibility index (Phi) is 4.14. The maximum absolute atomic E-state index is 11.4. The first-order valence-corrected chi connectivity index (χ1v) is 6.70. The van der Waals surface area contributed by atoms with Crippen LogP contribution in [0.4, 0.5) is 0 Å². The molecule has 0 saturated carbocycles. The highest BCUT2D eigenvalue weighted by molar-refractivity contribution is 6.31. The molecule has 0 fully saturated rings. The second kappa shape index (κ2) is 5.67. The van der Waals surface area contributed by atoms with Gasteiger partial charge in [-0.3, -0.25) is 4.79 Å². The zero-order valence-corrected chi connectivity index (χ0v) is 12.8. The van der Waals surface area contributed by atoms with E-state index in [4.69, 9.17) is 16.3 Å². The molecule has 0 bridgehead atoms. The molecule has 0 spiro atoms. The smallest absolute Gasteiger partial charge is 0.310 e. The molecule has 0 atom stereocenters. The lowest BCUT2D eigenvalue weighted by Crippen LogP contribution is -2.06. The van der Waals surface area contributed by atoms with Crippen LogP contribution in [0.15, 0.2) is 18.2 Å². The summed E-state index contributed by atoms with van der Waals surface area (Å²) < 4.78 is 6.52. The van der Waals surface area contributed by atoms with Crippen molar-refractivity contribution in [2.75, 3.05) is 7.11 Å². The van der Waals surface area contributed by atoms with E-state index >= 15 is 0 Å². The normalized spacial score (nSPS) is 10.7. The number of methoxy groups -OCH3 is 1. The van der Waals surface area contributed by atoms with Crippen molar-refractivity contribution in [3.63, 3.8) is 0 Å². The number of hydrogen-bond donors (Lipinski definition) is 0. The van der Waals surface area contributed by atoms with Crippen molar-refractivity contribution in [3.8, 4) is 5.69 Å². The molecule has 0 N–H and O–H groups in total. The molecular formula is C15H17ClN2O2. The predicted octanol–water partition coefficient (Wildman–Crippen LogP) is 3.17. The first-order valence-electron chi connectivity index (χ1n) is 6.32. The first kappa shape index (κ1) is 14.6. The molecule has 2 rings (SSSR count). The van der Waals surface area contributed by atoms with Crippen molar-refractivity contribution in [3.05, 3.63) is 45.7 Å². The van der Waals surface area contributed by atoms with Gasteiger partial charge < -0.3 is 4.74 Å². The third-order valence-corrected chi connectivity index (χ3v) is 3.80. The molecule has 0 aliphatic heterocycles. The molecule has 0 unspecified atom stereocenters. The molecule has 0 aliphatic rings. The van der Waals surface area contributed by atoms with E-state index in [0.29, 0.717) is 5.02 Å². The van der Waals surface area contributed by atoms with Gasteiger partial charge in [0.25, 0.3) is 0 Å². The van der Waals surface area contributed by atoms with E-state index in [1.807, 2.05) is 39.0 Å². The maximum Gasteiger partial charge on any atom is 0.310 e. The number of rotatable bonds is 3. The predicted molar refractivity (Wildman–Crippen MR) is 78.5 cm³/mol. The van der Waals surface area contributed by atoms with Gasteiger partial charge in [-0.1, -0.05) is 17.7 Å². The van der Waals surface area contributed by atoms with Crippen molar-refractivity contribution in [2.24, 2.45) is 0 Å². The topological polar surface area (TPSA) is 44.1 Å². The van der Waals surface area contributed by atoms with E-state index in [9.17, 15) is 4.79 Å². The molecule has 106 valence electrons. The van der Waals surface area contributed by atoms with Crippen molar-refractivity contribution in [2.45, 2.75) is 27.2 Å². The van der Waals surface area contributed by atoms with Gasteiger partial charge in [0.15, 0.2) is 0 Å². The Labute approximate surface area is 123 Å². The van der Waals surface area contributed by atoms with Gasteiger partial charge in [0.1, 0.15) is 0 Å². The Morgan fingerprint density at radius 2 is 2.05 bits per heavy atom. The molecule has 4 nitrogen and oxygen atoms in total. The van der Waals surface area contributed by atoms with Gasteiger partial charge in [-0.25, -0.2) is 4.68 Å². The second-order valence-electron chi connectivity index (χ2n) is 4.75. The molecule has 2 aromatic rings. The van der Waals surface area contributed by atoms with Crippen molar-refractivity contribution < 1.29 is 9.53 Å². The molecule has 0 aliphatic carbocycles.